The second kappa shape index (κ2) is 6.85. The van der Waals surface area contributed by atoms with Gasteiger partial charge in [-0.2, -0.15) is 0 Å². The van der Waals surface area contributed by atoms with Gasteiger partial charge in [0.15, 0.2) is 0 Å². The van der Waals surface area contributed by atoms with Crippen LogP contribution >= 0.6 is 15.9 Å². The van der Waals surface area contributed by atoms with Gasteiger partial charge in [-0.3, -0.25) is 0 Å². The van der Waals surface area contributed by atoms with Crippen LogP contribution in [0.15, 0.2) is 40.9 Å². The summed E-state index contributed by atoms with van der Waals surface area (Å²) in [6.45, 7) is 4.11. The summed E-state index contributed by atoms with van der Waals surface area (Å²) in [5, 5.41) is 13.5. The van der Waals surface area contributed by atoms with Crippen molar-refractivity contribution in [3.8, 4) is 11.5 Å². The molecule has 4 heteroatoms. The van der Waals surface area contributed by atoms with Crippen molar-refractivity contribution in [2.75, 3.05) is 12.4 Å². The highest BCUT2D eigenvalue weighted by Gasteiger charge is 2.16. The molecule has 0 fully saturated rings. The Bertz CT molecular complexity index is 628. The Balaban J connectivity index is 2.33. The average molecular weight is 350 g/mol. The predicted molar refractivity (Wildman–Crippen MR) is 90.2 cm³/mol. The van der Waals surface area contributed by atoms with Gasteiger partial charge in [0.05, 0.1) is 18.8 Å². The summed E-state index contributed by atoms with van der Waals surface area (Å²) in [5.74, 6) is 1.10. The lowest BCUT2D eigenvalue weighted by Gasteiger charge is -2.21. The van der Waals surface area contributed by atoms with Crippen LogP contribution < -0.4 is 10.1 Å². The van der Waals surface area contributed by atoms with Crippen LogP contribution in [0.2, 0.25) is 0 Å². The molecule has 2 aromatic rings. The molecule has 0 aliphatic carbocycles. The van der Waals surface area contributed by atoms with E-state index >= 15 is 0 Å². The number of hydrogen-bond donors (Lipinski definition) is 2. The molecule has 0 bridgehead atoms. The van der Waals surface area contributed by atoms with Crippen molar-refractivity contribution in [3.63, 3.8) is 0 Å². The van der Waals surface area contributed by atoms with Gasteiger partial charge in [0, 0.05) is 10.0 Å². The fourth-order valence-electron chi connectivity index (χ4n) is 2.31. The highest BCUT2D eigenvalue weighted by molar-refractivity contribution is 9.10. The number of anilines is 1. The minimum Gasteiger partial charge on any atom is -0.508 e. The quantitative estimate of drug-likeness (QED) is 0.794. The van der Waals surface area contributed by atoms with Crippen LogP contribution in [0.3, 0.4) is 0 Å². The molecule has 21 heavy (non-hydrogen) atoms. The second-order valence-electron chi connectivity index (χ2n) is 5.01. The van der Waals surface area contributed by atoms with Gasteiger partial charge in [-0.05, 0) is 49.2 Å². The average Bonchev–Trinajstić information content (AvgIpc) is 2.48. The Morgan fingerprint density at radius 3 is 2.67 bits per heavy atom. The molecule has 112 valence electrons. The summed E-state index contributed by atoms with van der Waals surface area (Å²) in [4.78, 5) is 0. The van der Waals surface area contributed by atoms with Crippen LogP contribution in [0.5, 0.6) is 11.5 Å². The largest absolute Gasteiger partial charge is 0.508 e. The summed E-state index contributed by atoms with van der Waals surface area (Å²) in [5.41, 5.74) is 2.94. The van der Waals surface area contributed by atoms with E-state index in [-0.39, 0.29) is 6.04 Å². The van der Waals surface area contributed by atoms with Crippen LogP contribution in [0.4, 0.5) is 5.69 Å². The van der Waals surface area contributed by atoms with E-state index in [4.69, 9.17) is 4.74 Å². The predicted octanol–water partition coefficient (Wildman–Crippen LogP) is 5.03. The Hall–Kier alpha value is -1.68. The number of aromatic hydroxyl groups is 1. The number of phenolic OH excluding ortho intramolecular Hbond substituents is 1. The molecule has 3 nitrogen and oxygen atoms in total. The molecule has 0 amide bonds. The van der Waals surface area contributed by atoms with Gasteiger partial charge in [0.2, 0.25) is 0 Å². The van der Waals surface area contributed by atoms with Crippen LogP contribution in [-0.4, -0.2) is 12.2 Å². The van der Waals surface area contributed by atoms with Crippen molar-refractivity contribution < 1.29 is 9.84 Å². The van der Waals surface area contributed by atoms with Crippen LogP contribution in [0.25, 0.3) is 0 Å². The molecular weight excluding hydrogens is 330 g/mol. The van der Waals surface area contributed by atoms with Crippen molar-refractivity contribution in [2.45, 2.75) is 26.3 Å². The van der Waals surface area contributed by atoms with E-state index in [0.29, 0.717) is 5.75 Å². The first-order chi connectivity index (χ1) is 10.0. The van der Waals surface area contributed by atoms with Gasteiger partial charge in [-0.1, -0.05) is 28.9 Å². The van der Waals surface area contributed by atoms with Crippen LogP contribution in [-0.2, 0) is 0 Å². The molecule has 2 aromatic carbocycles. The number of halogens is 1. The lowest BCUT2D eigenvalue weighted by Crippen LogP contribution is -2.11. The molecular formula is C17H20BrNO2. The van der Waals surface area contributed by atoms with E-state index in [9.17, 15) is 5.11 Å². The molecule has 0 heterocycles. The fourth-order valence-corrected chi connectivity index (χ4v) is 2.69. The third kappa shape index (κ3) is 3.70. The summed E-state index contributed by atoms with van der Waals surface area (Å²) < 4.78 is 6.38. The van der Waals surface area contributed by atoms with Crippen molar-refractivity contribution in [1.82, 2.24) is 0 Å². The molecule has 0 aromatic heterocycles. The monoisotopic (exact) mass is 349 g/mol. The standard InChI is InChI=1S/C17H20BrNO2/c1-4-14(13-10-12(18)6-8-16(13)20)19-15-7-5-11(2)9-17(15)21-3/h5-10,14,19-20H,4H2,1-3H3. The zero-order valence-electron chi connectivity index (χ0n) is 12.5. The maximum absolute atomic E-state index is 10.1. The molecule has 0 spiro atoms. The normalized spacial score (nSPS) is 12.0. The van der Waals surface area contributed by atoms with E-state index in [0.717, 1.165) is 33.5 Å². The topological polar surface area (TPSA) is 41.5 Å². The number of nitrogens with one attached hydrogen (secondary N) is 1. The molecule has 1 unspecified atom stereocenters. The first-order valence-corrected chi connectivity index (χ1v) is 7.74. The molecule has 2 N–H and O–H groups in total. The minimum absolute atomic E-state index is 0.0131. The Morgan fingerprint density at radius 2 is 2.00 bits per heavy atom. The number of rotatable bonds is 5. The summed E-state index contributed by atoms with van der Waals surface area (Å²) in [6, 6.07) is 11.5. The molecule has 0 saturated heterocycles. The van der Waals surface area contributed by atoms with Gasteiger partial charge in [-0.15, -0.1) is 0 Å². The Morgan fingerprint density at radius 1 is 1.24 bits per heavy atom. The van der Waals surface area contributed by atoms with Crippen molar-refractivity contribution in [2.24, 2.45) is 0 Å². The van der Waals surface area contributed by atoms with Gasteiger partial charge in [-0.25, -0.2) is 0 Å². The number of phenols is 1. The zero-order valence-corrected chi connectivity index (χ0v) is 14.1. The molecule has 0 aliphatic heterocycles. The van der Waals surface area contributed by atoms with Gasteiger partial charge in [0.1, 0.15) is 11.5 Å². The Labute approximate surface area is 134 Å². The van der Waals surface area contributed by atoms with Crippen LogP contribution in [0, 0.1) is 6.92 Å². The first-order valence-electron chi connectivity index (χ1n) is 6.94. The highest BCUT2D eigenvalue weighted by atomic mass is 79.9. The maximum atomic E-state index is 10.1. The van der Waals surface area contributed by atoms with Gasteiger partial charge in [0.25, 0.3) is 0 Å². The molecule has 0 radical (unpaired) electrons. The van der Waals surface area contributed by atoms with Crippen molar-refractivity contribution in [1.29, 1.82) is 0 Å². The number of ether oxygens (including phenoxy) is 1. The van der Waals surface area contributed by atoms with Crippen molar-refractivity contribution in [3.05, 3.63) is 52.0 Å². The molecule has 0 aliphatic rings. The third-order valence-corrected chi connectivity index (χ3v) is 3.95. The number of aryl methyl sites for hydroxylation is 1. The van der Waals surface area contributed by atoms with E-state index in [1.165, 1.54) is 0 Å². The van der Waals surface area contributed by atoms with E-state index < -0.39 is 0 Å². The molecule has 2 rings (SSSR count). The zero-order chi connectivity index (χ0) is 15.4. The fraction of sp³-hybridized carbons (Fsp3) is 0.294. The first kappa shape index (κ1) is 15.7. The Kier molecular flexibility index (Phi) is 5.12. The SMILES string of the molecule is CCC(Nc1ccc(C)cc1OC)c1cc(Br)ccc1O. The lowest BCUT2D eigenvalue weighted by molar-refractivity contribution is 0.415. The summed E-state index contributed by atoms with van der Waals surface area (Å²) in [7, 11) is 1.66. The summed E-state index contributed by atoms with van der Waals surface area (Å²) in [6.07, 6.45) is 0.848. The van der Waals surface area contributed by atoms with Crippen molar-refractivity contribution >= 4 is 21.6 Å². The van der Waals surface area contributed by atoms with E-state index in [2.05, 4.69) is 28.2 Å². The van der Waals surface area contributed by atoms with Gasteiger partial charge < -0.3 is 15.2 Å². The molecule has 0 saturated carbocycles. The second-order valence-corrected chi connectivity index (χ2v) is 5.93. The minimum atomic E-state index is 0.0131. The smallest absolute Gasteiger partial charge is 0.142 e. The van der Waals surface area contributed by atoms with E-state index in [1.54, 1.807) is 13.2 Å². The van der Waals surface area contributed by atoms with Crippen LogP contribution in [0.1, 0.15) is 30.5 Å². The number of hydrogen-bond acceptors (Lipinski definition) is 3. The third-order valence-electron chi connectivity index (χ3n) is 3.46. The van der Waals surface area contributed by atoms with Gasteiger partial charge >= 0.3 is 0 Å². The highest BCUT2D eigenvalue weighted by Crippen LogP contribution is 2.34. The molecule has 1 atom stereocenters. The lowest BCUT2D eigenvalue weighted by atomic mass is 10.0. The number of methoxy groups -OCH3 is 1. The van der Waals surface area contributed by atoms with E-state index in [1.807, 2.05) is 37.3 Å². The maximum Gasteiger partial charge on any atom is 0.142 e. The number of benzene rings is 2. The summed E-state index contributed by atoms with van der Waals surface area (Å²) >= 11 is 3.45.